The molecule has 0 spiro atoms. The number of fused-ring (bicyclic) bond motifs is 10. The van der Waals surface area contributed by atoms with Gasteiger partial charge in [0, 0.05) is 5.41 Å². The molecule has 2 aliphatic heterocycles. The van der Waals surface area contributed by atoms with Gasteiger partial charge in [-0.3, -0.25) is 29.0 Å². The molecule has 4 bridgehead atoms. The summed E-state index contributed by atoms with van der Waals surface area (Å²) < 4.78 is 0. The van der Waals surface area contributed by atoms with Crippen molar-refractivity contribution in [1.82, 2.24) is 0 Å². The molecule has 6 heteroatoms. The summed E-state index contributed by atoms with van der Waals surface area (Å²) >= 11 is 0. The predicted molar refractivity (Wildman–Crippen MR) is 173 cm³/mol. The largest absolute Gasteiger partial charge is 0.274 e. The Morgan fingerprint density at radius 3 is 2.04 bits per heavy atom. The van der Waals surface area contributed by atoms with Crippen molar-refractivity contribution in [1.29, 1.82) is 0 Å². The number of benzene rings is 2. The fourth-order valence-corrected chi connectivity index (χ4v) is 9.76. The lowest BCUT2D eigenvalue weighted by Crippen LogP contribution is -2.35. The van der Waals surface area contributed by atoms with Crippen LogP contribution in [0.25, 0.3) is 0 Å². The van der Waals surface area contributed by atoms with E-state index in [2.05, 4.69) is 38.3 Å². The average Bonchev–Trinajstić information content (AvgIpc) is 3.89. The summed E-state index contributed by atoms with van der Waals surface area (Å²) in [4.78, 5) is 57.0. The van der Waals surface area contributed by atoms with E-state index >= 15 is 0 Å². The van der Waals surface area contributed by atoms with E-state index in [0.717, 1.165) is 36.8 Å². The van der Waals surface area contributed by atoms with E-state index in [0.29, 0.717) is 17.8 Å². The monoisotopic (exact) mass is 598 g/mol. The Kier molecular flexibility index (Phi) is 6.32. The Bertz CT molecular complexity index is 1720. The Hall–Kier alpha value is -4.32. The van der Waals surface area contributed by atoms with Crippen LogP contribution in [-0.4, -0.2) is 23.6 Å². The third-order valence-electron chi connectivity index (χ3n) is 11.9. The molecule has 2 heterocycles. The highest BCUT2D eigenvalue weighted by atomic mass is 16.2. The second-order valence-electron chi connectivity index (χ2n) is 14.1. The van der Waals surface area contributed by atoms with Gasteiger partial charge in [-0.2, -0.15) is 0 Å². The van der Waals surface area contributed by atoms with Crippen molar-refractivity contribution in [2.24, 2.45) is 52.8 Å². The number of carbonyl (C=O) groups is 4. The second kappa shape index (κ2) is 10.1. The molecule has 0 aromatic heterocycles. The number of nitrogens with zero attached hydrogens (tertiary/aromatic N) is 2. The average molecular weight is 599 g/mol. The van der Waals surface area contributed by atoms with Crippen LogP contribution < -0.4 is 9.80 Å². The Morgan fingerprint density at radius 2 is 1.42 bits per heavy atom. The van der Waals surface area contributed by atoms with Crippen LogP contribution in [0.5, 0.6) is 0 Å². The first kappa shape index (κ1) is 28.2. The summed E-state index contributed by atoms with van der Waals surface area (Å²) in [7, 11) is 0. The van der Waals surface area contributed by atoms with Crippen molar-refractivity contribution in [2.45, 2.75) is 39.0 Å². The normalized spacial score (nSPS) is 34.5. The highest BCUT2D eigenvalue weighted by molar-refractivity contribution is 6.23. The molecule has 8 rings (SSSR count). The number of amides is 4. The van der Waals surface area contributed by atoms with Crippen LogP contribution in [0.3, 0.4) is 0 Å². The van der Waals surface area contributed by atoms with Crippen LogP contribution in [0.1, 0.15) is 43.7 Å². The van der Waals surface area contributed by atoms with E-state index in [-0.39, 0.29) is 76.4 Å². The maximum atomic E-state index is 13.7. The molecule has 4 aliphatic carbocycles. The summed E-state index contributed by atoms with van der Waals surface area (Å²) in [5, 5.41) is 0. The first-order chi connectivity index (χ1) is 21.8. The second-order valence-corrected chi connectivity index (χ2v) is 14.1. The maximum absolute atomic E-state index is 13.7. The summed E-state index contributed by atoms with van der Waals surface area (Å²) in [5.41, 5.74) is 4.38. The number of hydrogen-bond acceptors (Lipinski definition) is 4. The van der Waals surface area contributed by atoms with Gasteiger partial charge in [0.15, 0.2) is 0 Å². The third kappa shape index (κ3) is 3.93. The summed E-state index contributed by atoms with van der Waals surface area (Å²) in [6, 6.07) is 15.4. The van der Waals surface area contributed by atoms with E-state index in [1.54, 1.807) is 0 Å². The molecule has 45 heavy (non-hydrogen) atoms. The minimum atomic E-state index is -0.281. The fraction of sp³-hybridized carbons (Fsp3) is 0.385. The number of rotatable bonds is 9. The predicted octanol–water partition coefficient (Wildman–Crippen LogP) is 6.43. The topological polar surface area (TPSA) is 74.8 Å². The van der Waals surface area contributed by atoms with E-state index in [4.69, 9.17) is 0 Å². The molecule has 0 radical (unpaired) electrons. The molecule has 2 aromatic rings. The van der Waals surface area contributed by atoms with Gasteiger partial charge in [0.25, 0.3) is 0 Å². The van der Waals surface area contributed by atoms with Crippen molar-refractivity contribution >= 4 is 35.0 Å². The van der Waals surface area contributed by atoms with Gasteiger partial charge < -0.3 is 0 Å². The van der Waals surface area contributed by atoms with Crippen LogP contribution in [0.15, 0.2) is 97.6 Å². The van der Waals surface area contributed by atoms with Gasteiger partial charge >= 0.3 is 0 Å². The van der Waals surface area contributed by atoms with Gasteiger partial charge in [0.2, 0.25) is 23.6 Å². The molecule has 2 saturated carbocycles. The van der Waals surface area contributed by atoms with Crippen LogP contribution in [0, 0.1) is 52.8 Å². The zero-order chi connectivity index (χ0) is 31.2. The molecular formula is C39H38N2O4. The lowest BCUT2D eigenvalue weighted by molar-refractivity contribution is -0.125. The SMILES string of the molecule is C=CCCC12C=CC(C1)C1C(=O)N(c3ccc(Cc4ccc(N5C(=O)C6C7C=C(C(C)C=C)C(C7)C6C5=O)cc4)cc3)C(=O)C12. The number of carbonyl (C=O) groups excluding carboxylic acids is 4. The Morgan fingerprint density at radius 1 is 0.822 bits per heavy atom. The number of allylic oxidation sites excluding steroid dienone is 6. The Labute approximate surface area is 264 Å². The van der Waals surface area contributed by atoms with E-state index in [9.17, 15) is 19.2 Å². The minimum Gasteiger partial charge on any atom is -0.274 e. The van der Waals surface area contributed by atoms with Gasteiger partial charge in [-0.25, -0.2) is 0 Å². The molecule has 6 nitrogen and oxygen atoms in total. The minimum absolute atomic E-state index is 0.0744. The van der Waals surface area contributed by atoms with Crippen LogP contribution in [-0.2, 0) is 25.6 Å². The molecule has 4 amide bonds. The van der Waals surface area contributed by atoms with Crippen LogP contribution in [0.2, 0.25) is 0 Å². The van der Waals surface area contributed by atoms with Crippen LogP contribution >= 0.6 is 0 Å². The van der Waals surface area contributed by atoms with Gasteiger partial charge in [-0.15, -0.1) is 13.2 Å². The number of imide groups is 2. The standard InChI is InChI=1S/C39H38N2O4/c1-4-6-16-39-17-15-25(21-39)32-34(39)38(45)41(36(32)43)28-13-9-24(10-14-28)18-23-7-11-27(12-8-23)40-35(42)31-26-19-29(22(3)5-2)30(20-26)33(31)37(40)44/h4-5,7-15,17,19,22,25-26,30-34H,1-2,6,16,18,20-21H2,3H3. The fourth-order valence-electron chi connectivity index (χ4n) is 9.76. The Balaban J connectivity index is 0.952. The molecule has 2 aromatic carbocycles. The number of hydrogen-bond donors (Lipinski definition) is 0. The molecule has 228 valence electrons. The van der Waals surface area contributed by atoms with Crippen molar-refractivity contribution in [3.05, 3.63) is 109 Å². The van der Waals surface area contributed by atoms with Crippen molar-refractivity contribution in [2.75, 3.05) is 9.80 Å². The van der Waals surface area contributed by atoms with E-state index in [1.807, 2.05) is 60.7 Å². The lowest BCUT2D eigenvalue weighted by atomic mass is 9.72. The third-order valence-corrected chi connectivity index (χ3v) is 11.9. The lowest BCUT2D eigenvalue weighted by Gasteiger charge is -2.30. The summed E-state index contributed by atoms with van der Waals surface area (Å²) in [6.45, 7) is 9.89. The summed E-state index contributed by atoms with van der Waals surface area (Å²) in [5.74, 6) is -0.733. The molecule has 9 atom stereocenters. The molecular weight excluding hydrogens is 560 g/mol. The maximum Gasteiger partial charge on any atom is 0.238 e. The van der Waals surface area contributed by atoms with Crippen molar-refractivity contribution in [3.8, 4) is 0 Å². The van der Waals surface area contributed by atoms with E-state index < -0.39 is 0 Å². The molecule has 0 N–H and O–H groups in total. The molecule has 9 unspecified atom stereocenters. The zero-order valence-corrected chi connectivity index (χ0v) is 25.6. The smallest absolute Gasteiger partial charge is 0.238 e. The summed E-state index contributed by atoms with van der Waals surface area (Å²) in [6.07, 6.45) is 14.5. The van der Waals surface area contributed by atoms with Gasteiger partial charge in [-0.1, -0.05) is 67.1 Å². The molecule has 4 fully saturated rings. The molecule has 6 aliphatic rings. The van der Waals surface area contributed by atoms with Gasteiger partial charge in [0.1, 0.15) is 0 Å². The van der Waals surface area contributed by atoms with Gasteiger partial charge in [-0.05, 0) is 91.2 Å². The van der Waals surface area contributed by atoms with E-state index in [1.165, 1.54) is 15.4 Å². The zero-order valence-electron chi connectivity index (χ0n) is 25.6. The van der Waals surface area contributed by atoms with Crippen molar-refractivity contribution < 1.29 is 19.2 Å². The number of anilines is 2. The first-order valence-electron chi connectivity index (χ1n) is 16.3. The highest BCUT2D eigenvalue weighted by Crippen LogP contribution is 2.62. The molecule has 2 saturated heterocycles. The van der Waals surface area contributed by atoms with Gasteiger partial charge in [0.05, 0.1) is 35.0 Å². The van der Waals surface area contributed by atoms with Crippen LogP contribution in [0.4, 0.5) is 11.4 Å². The first-order valence-corrected chi connectivity index (χ1v) is 16.3. The quantitative estimate of drug-likeness (QED) is 0.246. The highest BCUT2D eigenvalue weighted by Gasteiger charge is 2.66. The van der Waals surface area contributed by atoms with Crippen molar-refractivity contribution in [3.63, 3.8) is 0 Å².